The van der Waals surface area contributed by atoms with E-state index in [1.165, 1.54) is 18.2 Å². The van der Waals surface area contributed by atoms with E-state index in [1.807, 2.05) is 0 Å². The maximum absolute atomic E-state index is 12.8. The highest BCUT2D eigenvalue weighted by Crippen LogP contribution is 2.29. The van der Waals surface area contributed by atoms with Gasteiger partial charge in [0.05, 0.1) is 16.7 Å². The number of aromatic nitrogens is 2. The summed E-state index contributed by atoms with van der Waals surface area (Å²) >= 11 is 7.32. The van der Waals surface area contributed by atoms with Crippen molar-refractivity contribution in [3.8, 4) is 0 Å². The topological polar surface area (TPSA) is 64.0 Å². The Labute approximate surface area is 174 Å². The molecule has 0 aliphatic heterocycles. The average molecular weight is 420 g/mol. The van der Waals surface area contributed by atoms with E-state index < -0.39 is 0 Å². The fraction of sp³-hybridized carbons (Fsp3) is 0.476. The molecular weight excluding hydrogens is 394 g/mol. The Bertz CT molecular complexity index is 943. The molecule has 1 aliphatic rings. The van der Waals surface area contributed by atoms with Crippen molar-refractivity contribution in [1.82, 2.24) is 14.9 Å². The Morgan fingerprint density at radius 2 is 2.21 bits per heavy atom. The summed E-state index contributed by atoms with van der Waals surface area (Å²) in [4.78, 5) is 29.9. The van der Waals surface area contributed by atoms with Crippen LogP contribution in [0.15, 0.2) is 40.8 Å². The molecule has 1 aromatic carbocycles. The molecule has 3 rings (SSSR count). The van der Waals surface area contributed by atoms with Gasteiger partial charge in [-0.15, -0.1) is 6.58 Å². The zero-order valence-electron chi connectivity index (χ0n) is 16.3. The molecule has 1 fully saturated rings. The number of fused-ring (bicyclic) bond motifs is 1. The Hall–Kier alpha value is -1.79. The van der Waals surface area contributed by atoms with Gasteiger partial charge in [-0.2, -0.15) is 0 Å². The van der Waals surface area contributed by atoms with Crippen LogP contribution in [0.5, 0.6) is 0 Å². The average Bonchev–Trinajstić information content (AvgIpc) is 2.66. The molecule has 2 aromatic rings. The molecule has 0 radical (unpaired) electrons. The summed E-state index contributed by atoms with van der Waals surface area (Å²) in [5, 5.41) is 4.69. The normalized spacial score (nSPS) is 22.2. The predicted octanol–water partition coefficient (Wildman–Crippen LogP) is 4.27. The molecule has 28 heavy (non-hydrogen) atoms. The zero-order chi connectivity index (χ0) is 20.3. The van der Waals surface area contributed by atoms with Crippen LogP contribution in [-0.2, 0) is 11.3 Å². The lowest BCUT2D eigenvalue weighted by Gasteiger charge is -2.34. The first-order chi connectivity index (χ1) is 13.4. The van der Waals surface area contributed by atoms with Gasteiger partial charge in [-0.05, 0) is 36.5 Å². The summed E-state index contributed by atoms with van der Waals surface area (Å²) in [7, 11) is 0. The fourth-order valence-electron chi connectivity index (χ4n) is 3.74. The zero-order valence-corrected chi connectivity index (χ0v) is 17.9. The molecule has 1 heterocycles. The molecule has 150 valence electrons. The number of thioether (sulfide) groups is 1. The van der Waals surface area contributed by atoms with Gasteiger partial charge in [0.25, 0.3) is 5.56 Å². The van der Waals surface area contributed by atoms with Crippen LogP contribution >= 0.6 is 23.4 Å². The van der Waals surface area contributed by atoms with E-state index in [1.54, 1.807) is 28.8 Å². The summed E-state index contributed by atoms with van der Waals surface area (Å²) in [5.41, 5.74) is 0.384. The lowest BCUT2D eigenvalue weighted by atomic mass is 9.78. The van der Waals surface area contributed by atoms with E-state index in [-0.39, 0.29) is 23.3 Å². The van der Waals surface area contributed by atoms with Crippen molar-refractivity contribution < 1.29 is 4.79 Å². The third kappa shape index (κ3) is 4.61. The van der Waals surface area contributed by atoms with E-state index in [2.05, 4.69) is 30.7 Å². The van der Waals surface area contributed by atoms with Gasteiger partial charge >= 0.3 is 0 Å². The second-order valence-electron chi connectivity index (χ2n) is 7.49. The van der Waals surface area contributed by atoms with Crippen LogP contribution in [-0.4, -0.2) is 27.3 Å². The summed E-state index contributed by atoms with van der Waals surface area (Å²) < 4.78 is 1.55. The quantitative estimate of drug-likeness (QED) is 0.431. The number of hydrogen-bond acceptors (Lipinski definition) is 4. The van der Waals surface area contributed by atoms with Crippen LogP contribution in [0.4, 0.5) is 0 Å². The summed E-state index contributed by atoms with van der Waals surface area (Å²) in [6.45, 7) is 8.51. The Morgan fingerprint density at radius 3 is 2.96 bits per heavy atom. The lowest BCUT2D eigenvalue weighted by Crippen LogP contribution is -2.44. The first kappa shape index (κ1) is 20.9. The van der Waals surface area contributed by atoms with Crippen molar-refractivity contribution >= 4 is 40.2 Å². The highest BCUT2D eigenvalue weighted by Gasteiger charge is 2.28. The number of carbonyl (C=O) groups is 1. The smallest absolute Gasteiger partial charge is 0.262 e. The molecule has 1 N–H and O–H groups in total. The molecule has 1 amide bonds. The predicted molar refractivity (Wildman–Crippen MR) is 116 cm³/mol. The van der Waals surface area contributed by atoms with Crippen LogP contribution in [0.3, 0.4) is 0 Å². The summed E-state index contributed by atoms with van der Waals surface area (Å²) in [6, 6.07) is 5.25. The molecule has 7 heteroatoms. The minimum atomic E-state index is -0.154. The van der Waals surface area contributed by atoms with E-state index >= 15 is 0 Å². The van der Waals surface area contributed by atoms with Gasteiger partial charge in [0.15, 0.2) is 5.16 Å². The fourth-order valence-corrected chi connectivity index (χ4v) is 4.72. The van der Waals surface area contributed by atoms with Crippen molar-refractivity contribution in [2.45, 2.75) is 50.9 Å². The van der Waals surface area contributed by atoms with Crippen molar-refractivity contribution in [2.75, 3.05) is 5.75 Å². The van der Waals surface area contributed by atoms with Gasteiger partial charge in [-0.1, -0.05) is 56.1 Å². The Balaban J connectivity index is 1.77. The largest absolute Gasteiger partial charge is 0.352 e. The third-order valence-electron chi connectivity index (χ3n) is 5.58. The lowest BCUT2D eigenvalue weighted by molar-refractivity contribution is -0.120. The van der Waals surface area contributed by atoms with Crippen molar-refractivity contribution in [1.29, 1.82) is 0 Å². The van der Waals surface area contributed by atoms with Crippen molar-refractivity contribution in [3.05, 3.63) is 46.2 Å². The standard InChI is InChI=1S/C21H26ClN3O2S/c1-4-10-25-20(27)16-9-8-15(22)11-18(16)24-21(25)28-12-19(26)23-17-7-5-6-13(2)14(17)3/h4,8-9,11,13-14,17H,1,5-7,10,12H2,2-3H3,(H,23,26)/t13-,14-,17+/m1/s1. The highest BCUT2D eigenvalue weighted by molar-refractivity contribution is 7.99. The third-order valence-corrected chi connectivity index (χ3v) is 6.79. The van der Waals surface area contributed by atoms with Crippen LogP contribution < -0.4 is 10.9 Å². The van der Waals surface area contributed by atoms with Gasteiger partial charge in [0.2, 0.25) is 5.91 Å². The molecule has 0 saturated heterocycles. The number of hydrogen-bond donors (Lipinski definition) is 1. The number of rotatable bonds is 6. The number of nitrogens with zero attached hydrogens (tertiary/aromatic N) is 2. The van der Waals surface area contributed by atoms with Crippen LogP contribution in [0.1, 0.15) is 33.1 Å². The second kappa shape index (κ2) is 9.14. The molecule has 3 atom stereocenters. The van der Waals surface area contributed by atoms with E-state index in [4.69, 9.17) is 11.6 Å². The van der Waals surface area contributed by atoms with Gasteiger partial charge in [0.1, 0.15) is 0 Å². The van der Waals surface area contributed by atoms with Gasteiger partial charge < -0.3 is 5.32 Å². The van der Waals surface area contributed by atoms with E-state index in [0.29, 0.717) is 39.5 Å². The molecule has 0 bridgehead atoms. The highest BCUT2D eigenvalue weighted by atomic mass is 35.5. The monoisotopic (exact) mass is 419 g/mol. The maximum Gasteiger partial charge on any atom is 0.262 e. The Morgan fingerprint density at radius 1 is 1.43 bits per heavy atom. The summed E-state index contributed by atoms with van der Waals surface area (Å²) in [5.74, 6) is 1.29. The van der Waals surface area contributed by atoms with Gasteiger partial charge in [-0.25, -0.2) is 4.98 Å². The van der Waals surface area contributed by atoms with Crippen LogP contribution in [0.2, 0.25) is 5.02 Å². The minimum absolute atomic E-state index is 0.0263. The minimum Gasteiger partial charge on any atom is -0.352 e. The molecular formula is C21H26ClN3O2S. The second-order valence-corrected chi connectivity index (χ2v) is 8.87. The number of amides is 1. The number of benzene rings is 1. The van der Waals surface area contributed by atoms with Crippen LogP contribution in [0, 0.1) is 11.8 Å². The number of nitrogens with one attached hydrogen (secondary N) is 1. The van der Waals surface area contributed by atoms with Gasteiger partial charge in [0, 0.05) is 17.6 Å². The van der Waals surface area contributed by atoms with Gasteiger partial charge in [-0.3, -0.25) is 14.2 Å². The molecule has 1 aliphatic carbocycles. The van der Waals surface area contributed by atoms with E-state index in [0.717, 1.165) is 12.8 Å². The molecule has 5 nitrogen and oxygen atoms in total. The van der Waals surface area contributed by atoms with Crippen molar-refractivity contribution in [3.63, 3.8) is 0 Å². The molecule has 1 saturated carbocycles. The van der Waals surface area contributed by atoms with Crippen molar-refractivity contribution in [2.24, 2.45) is 11.8 Å². The Kier molecular flexibility index (Phi) is 6.83. The number of allylic oxidation sites excluding steroid dienone is 1. The summed E-state index contributed by atoms with van der Waals surface area (Å²) in [6.07, 6.45) is 5.05. The first-order valence-electron chi connectivity index (χ1n) is 9.64. The number of halogens is 1. The first-order valence-corrected chi connectivity index (χ1v) is 11.0. The molecule has 0 spiro atoms. The molecule has 0 unspecified atom stereocenters. The molecule has 1 aromatic heterocycles. The SMILES string of the molecule is C=CCn1c(SCC(=O)N[C@H]2CCC[C@@H](C)[C@H]2C)nc2cc(Cl)ccc2c1=O. The number of carbonyl (C=O) groups excluding carboxylic acids is 1. The maximum atomic E-state index is 12.8. The van der Waals surface area contributed by atoms with Crippen LogP contribution in [0.25, 0.3) is 10.9 Å². The van der Waals surface area contributed by atoms with E-state index in [9.17, 15) is 9.59 Å².